The molecule has 0 atom stereocenters. The normalized spacial score (nSPS) is 14.7. The number of terminal acetylenes is 1. The Morgan fingerprint density at radius 1 is 1.12 bits per heavy atom. The molecule has 1 heterocycles. The van der Waals surface area contributed by atoms with Crippen LogP contribution in [0.3, 0.4) is 0 Å². The highest BCUT2D eigenvalue weighted by Gasteiger charge is 2.35. The lowest BCUT2D eigenvalue weighted by Gasteiger charge is -2.14. The van der Waals surface area contributed by atoms with E-state index in [4.69, 9.17) is 15.9 Å². The summed E-state index contributed by atoms with van der Waals surface area (Å²) in [6.07, 6.45) is 6.99. The summed E-state index contributed by atoms with van der Waals surface area (Å²) in [5.74, 6) is 3.11. The smallest absolute Gasteiger partial charge is 0.293 e. The van der Waals surface area contributed by atoms with Gasteiger partial charge in [-0.25, -0.2) is 0 Å². The van der Waals surface area contributed by atoms with E-state index in [2.05, 4.69) is 21.9 Å². The number of hydrogen-bond donors (Lipinski definition) is 0. The Morgan fingerprint density at radius 2 is 1.91 bits per heavy atom. The lowest BCUT2D eigenvalue weighted by Crippen LogP contribution is -2.27. The fourth-order valence-corrected chi connectivity index (χ4v) is 4.99. The molecule has 0 aromatic heterocycles. The molecule has 5 nitrogen and oxygen atoms in total. The zero-order valence-electron chi connectivity index (χ0n) is 17.8. The van der Waals surface area contributed by atoms with E-state index >= 15 is 0 Å². The van der Waals surface area contributed by atoms with E-state index in [1.54, 1.807) is 18.2 Å². The van der Waals surface area contributed by atoms with E-state index in [1.165, 1.54) is 4.90 Å². The van der Waals surface area contributed by atoms with Crippen LogP contribution in [0.2, 0.25) is 0 Å². The Kier molecular flexibility index (Phi) is 7.07. The quantitative estimate of drug-likeness (QED) is 0.271. The summed E-state index contributed by atoms with van der Waals surface area (Å²) in [6.45, 7) is 2.62. The molecular weight excluding hydrogens is 502 g/mol. The van der Waals surface area contributed by atoms with Gasteiger partial charge in [-0.1, -0.05) is 48.4 Å². The molecule has 0 saturated carbocycles. The number of amides is 2. The summed E-state index contributed by atoms with van der Waals surface area (Å²) in [4.78, 5) is 27.4. The van der Waals surface area contributed by atoms with E-state index in [-0.39, 0.29) is 24.3 Å². The molecule has 1 saturated heterocycles. The van der Waals surface area contributed by atoms with Crippen LogP contribution in [0, 0.1) is 12.3 Å². The fourth-order valence-electron chi connectivity index (χ4n) is 3.58. The summed E-state index contributed by atoms with van der Waals surface area (Å²) in [5.41, 5.74) is 1.63. The summed E-state index contributed by atoms with van der Waals surface area (Å²) in [5, 5.41) is 1.80. The number of fused-ring (bicyclic) bond motifs is 1. The van der Waals surface area contributed by atoms with Crippen molar-refractivity contribution in [2.75, 3.05) is 13.2 Å². The summed E-state index contributed by atoms with van der Waals surface area (Å²) in [6, 6.07) is 17.4. The largest absolute Gasteiger partial charge is 0.490 e. The van der Waals surface area contributed by atoms with Crippen molar-refractivity contribution < 1.29 is 19.1 Å². The van der Waals surface area contributed by atoms with Crippen LogP contribution in [0.15, 0.2) is 64.0 Å². The lowest BCUT2D eigenvalue weighted by atomic mass is 10.0. The van der Waals surface area contributed by atoms with Crippen LogP contribution in [0.4, 0.5) is 4.79 Å². The number of thioether (sulfide) groups is 1. The number of ether oxygens (including phenoxy) is 2. The number of benzene rings is 3. The second kappa shape index (κ2) is 10.2. The number of imide groups is 1. The van der Waals surface area contributed by atoms with Crippen LogP contribution in [-0.2, 0) is 11.3 Å². The van der Waals surface area contributed by atoms with Gasteiger partial charge in [0.25, 0.3) is 11.1 Å². The molecular formula is C26H20BrNO4S. The van der Waals surface area contributed by atoms with Gasteiger partial charge in [-0.05, 0) is 74.7 Å². The van der Waals surface area contributed by atoms with Crippen molar-refractivity contribution in [3.63, 3.8) is 0 Å². The Bertz CT molecular complexity index is 1310. The Hall–Kier alpha value is -3.21. The average Bonchev–Trinajstić information content (AvgIpc) is 3.06. The molecule has 33 heavy (non-hydrogen) atoms. The molecule has 0 N–H and O–H groups in total. The number of hydrogen-bond acceptors (Lipinski definition) is 5. The molecule has 7 heteroatoms. The van der Waals surface area contributed by atoms with Gasteiger partial charge >= 0.3 is 0 Å². The topological polar surface area (TPSA) is 55.8 Å². The highest BCUT2D eigenvalue weighted by atomic mass is 79.9. The third-order valence-electron chi connectivity index (χ3n) is 5.01. The Labute approximate surface area is 204 Å². The average molecular weight is 522 g/mol. The molecule has 0 aliphatic carbocycles. The monoisotopic (exact) mass is 521 g/mol. The van der Waals surface area contributed by atoms with Crippen molar-refractivity contribution in [3.05, 3.63) is 75.1 Å². The third kappa shape index (κ3) is 4.92. The second-order valence-electron chi connectivity index (χ2n) is 7.16. The van der Waals surface area contributed by atoms with Gasteiger partial charge in [-0.3, -0.25) is 14.5 Å². The van der Waals surface area contributed by atoms with Crippen LogP contribution in [0.5, 0.6) is 11.5 Å². The highest BCUT2D eigenvalue weighted by molar-refractivity contribution is 9.10. The van der Waals surface area contributed by atoms with Crippen LogP contribution < -0.4 is 9.47 Å². The first-order valence-electron chi connectivity index (χ1n) is 10.3. The van der Waals surface area contributed by atoms with Crippen LogP contribution in [0.25, 0.3) is 16.8 Å². The Morgan fingerprint density at radius 3 is 2.70 bits per heavy atom. The molecule has 0 radical (unpaired) electrons. The van der Waals surface area contributed by atoms with E-state index in [0.717, 1.165) is 28.1 Å². The van der Waals surface area contributed by atoms with Gasteiger partial charge in [-0.15, -0.1) is 6.42 Å². The molecule has 0 bridgehead atoms. The maximum atomic E-state index is 13.1. The SMILES string of the molecule is C#CCOc1c(Br)cc(/C=C2\SC(=O)N(Cc3cccc4ccccc34)C2=O)cc1OCC. The first kappa shape index (κ1) is 23.0. The predicted molar refractivity (Wildman–Crippen MR) is 135 cm³/mol. The maximum Gasteiger partial charge on any atom is 0.293 e. The van der Waals surface area contributed by atoms with Crippen LogP contribution >= 0.6 is 27.7 Å². The number of carbonyl (C=O) groups excluding carboxylic acids is 2. The fraction of sp³-hybridized carbons (Fsp3) is 0.154. The molecule has 2 amide bonds. The van der Waals surface area contributed by atoms with Crippen molar-refractivity contribution in [2.45, 2.75) is 13.5 Å². The lowest BCUT2D eigenvalue weighted by molar-refractivity contribution is -0.123. The molecule has 1 aliphatic rings. The van der Waals surface area contributed by atoms with E-state index < -0.39 is 0 Å². The number of nitrogens with zero attached hydrogens (tertiary/aromatic N) is 1. The standard InChI is InChI=1S/C26H20BrNO4S/c1-3-12-32-24-21(27)13-17(14-22(24)31-4-2)15-23-25(29)28(26(30)33-23)16-19-10-7-9-18-8-5-6-11-20(18)19/h1,5-11,13-15H,4,12,16H2,2H3/b23-15-. The molecule has 3 aromatic rings. The molecule has 0 unspecified atom stereocenters. The molecule has 0 spiro atoms. The number of carbonyl (C=O) groups is 2. The van der Waals surface area contributed by atoms with Gasteiger partial charge in [0.05, 0.1) is 22.5 Å². The minimum atomic E-state index is -0.320. The molecule has 1 aliphatic heterocycles. The number of halogens is 1. The molecule has 4 rings (SSSR count). The van der Waals surface area contributed by atoms with Gasteiger partial charge in [0.1, 0.15) is 6.61 Å². The molecule has 166 valence electrons. The van der Waals surface area contributed by atoms with Crippen LogP contribution in [-0.4, -0.2) is 29.3 Å². The van der Waals surface area contributed by atoms with E-state index in [9.17, 15) is 9.59 Å². The summed E-state index contributed by atoms with van der Waals surface area (Å²) < 4.78 is 11.9. The van der Waals surface area contributed by atoms with Gasteiger partial charge < -0.3 is 9.47 Å². The van der Waals surface area contributed by atoms with Gasteiger partial charge in [-0.2, -0.15) is 0 Å². The van der Waals surface area contributed by atoms with Crippen LogP contribution in [0.1, 0.15) is 18.1 Å². The summed E-state index contributed by atoms with van der Waals surface area (Å²) >= 11 is 4.41. The Balaban J connectivity index is 1.62. The van der Waals surface area contributed by atoms with E-state index in [1.807, 2.05) is 49.4 Å². The van der Waals surface area contributed by atoms with Crippen molar-refractivity contribution in [2.24, 2.45) is 0 Å². The third-order valence-corrected chi connectivity index (χ3v) is 6.51. The molecule has 3 aromatic carbocycles. The number of rotatable bonds is 7. The second-order valence-corrected chi connectivity index (χ2v) is 9.01. The highest BCUT2D eigenvalue weighted by Crippen LogP contribution is 2.39. The van der Waals surface area contributed by atoms with Crippen molar-refractivity contribution in [1.82, 2.24) is 4.90 Å². The minimum Gasteiger partial charge on any atom is -0.490 e. The van der Waals surface area contributed by atoms with Gasteiger partial charge in [0, 0.05) is 0 Å². The maximum absolute atomic E-state index is 13.1. The first-order valence-corrected chi connectivity index (χ1v) is 11.9. The van der Waals surface area contributed by atoms with E-state index in [0.29, 0.717) is 33.0 Å². The van der Waals surface area contributed by atoms with Crippen molar-refractivity contribution in [1.29, 1.82) is 0 Å². The van der Waals surface area contributed by atoms with Crippen molar-refractivity contribution >= 4 is 55.7 Å². The predicted octanol–water partition coefficient (Wildman–Crippen LogP) is 6.25. The summed E-state index contributed by atoms with van der Waals surface area (Å²) in [7, 11) is 0. The van der Waals surface area contributed by atoms with Gasteiger partial charge in [0.2, 0.25) is 0 Å². The molecule has 1 fully saturated rings. The minimum absolute atomic E-state index is 0.102. The zero-order chi connectivity index (χ0) is 23.4. The van der Waals surface area contributed by atoms with Gasteiger partial charge in [0.15, 0.2) is 11.5 Å². The zero-order valence-corrected chi connectivity index (χ0v) is 20.2. The first-order chi connectivity index (χ1) is 16.0. The van der Waals surface area contributed by atoms with Crippen molar-refractivity contribution in [3.8, 4) is 23.8 Å².